The normalized spacial score (nSPS) is 13.8. The van der Waals surface area contributed by atoms with Gasteiger partial charge < -0.3 is 4.55 Å². The van der Waals surface area contributed by atoms with Gasteiger partial charge in [-0.25, -0.2) is 4.21 Å². The van der Waals surface area contributed by atoms with Gasteiger partial charge in [0.2, 0.25) is 0 Å². The Balaban J connectivity index is 2.31. The topological polar surface area (TPSA) is 37.3 Å². The van der Waals surface area contributed by atoms with Gasteiger partial charge in [0.1, 0.15) is 0 Å². The van der Waals surface area contributed by atoms with Crippen LogP contribution < -0.4 is 0 Å². The molecule has 1 heterocycles. The number of rotatable bonds is 3. The largest absolute Gasteiger partial charge is 0.302 e. The van der Waals surface area contributed by atoms with E-state index in [-0.39, 0.29) is 0 Å². The molecule has 0 aliphatic heterocycles. The summed E-state index contributed by atoms with van der Waals surface area (Å²) in [5, 5.41) is 1.69. The molecule has 5 heteroatoms. The van der Waals surface area contributed by atoms with Crippen LogP contribution in [0.3, 0.4) is 0 Å². The molecule has 1 N–H and O–H groups in total. The van der Waals surface area contributed by atoms with E-state index in [1.807, 2.05) is 60.7 Å². The van der Waals surface area contributed by atoms with Crippen LogP contribution in [0.15, 0.2) is 70.9 Å². The van der Waals surface area contributed by atoms with E-state index in [4.69, 9.17) is 11.2 Å². The fraction of sp³-hybridized carbons (Fsp3) is 0. The van der Waals surface area contributed by atoms with Crippen molar-refractivity contribution in [2.75, 3.05) is 0 Å². The van der Waals surface area contributed by atoms with Crippen LogP contribution in [0.25, 0.3) is 21.6 Å². The summed E-state index contributed by atoms with van der Waals surface area (Å²) < 4.78 is 21.8. The summed E-state index contributed by atoms with van der Waals surface area (Å²) in [5.74, 6) is 0. The van der Waals surface area contributed by atoms with Crippen molar-refractivity contribution in [3.05, 3.63) is 66.0 Å². The summed E-state index contributed by atoms with van der Waals surface area (Å²) in [7, 11) is -3.43. The standard InChI is InChI=1S/C16H12O2S3/c17-21(18,19)14-11-20-16(13-9-5-2-6-10-13)15(14)12-7-3-1-4-8-12/h1-11H,(H,17,18,19). The molecule has 1 unspecified atom stereocenters. The number of benzene rings is 2. The summed E-state index contributed by atoms with van der Waals surface area (Å²) in [5.41, 5.74) is 2.68. The van der Waals surface area contributed by atoms with Crippen LogP contribution in [0, 0.1) is 0 Å². The summed E-state index contributed by atoms with van der Waals surface area (Å²) in [6.45, 7) is 0. The van der Waals surface area contributed by atoms with Gasteiger partial charge in [0.05, 0.1) is 4.90 Å². The Morgan fingerprint density at radius 3 is 1.95 bits per heavy atom. The van der Waals surface area contributed by atoms with Gasteiger partial charge in [-0.15, -0.1) is 11.3 Å². The molecule has 21 heavy (non-hydrogen) atoms. The molecule has 1 aromatic heterocycles. The lowest BCUT2D eigenvalue weighted by Gasteiger charge is -2.08. The van der Waals surface area contributed by atoms with Gasteiger partial charge in [-0.1, -0.05) is 60.7 Å². The second kappa shape index (κ2) is 5.69. The van der Waals surface area contributed by atoms with Crippen LogP contribution in [0.5, 0.6) is 0 Å². The first-order valence-electron chi connectivity index (χ1n) is 6.27. The highest BCUT2D eigenvalue weighted by Crippen LogP contribution is 2.42. The molecule has 3 aromatic rings. The third kappa shape index (κ3) is 2.91. The minimum Gasteiger partial charge on any atom is -0.302 e. The number of hydrogen-bond acceptors (Lipinski definition) is 3. The summed E-state index contributed by atoms with van der Waals surface area (Å²) in [6.07, 6.45) is 0. The van der Waals surface area contributed by atoms with Gasteiger partial charge in [0.15, 0.2) is 8.77 Å². The van der Waals surface area contributed by atoms with Gasteiger partial charge in [-0.05, 0) is 11.1 Å². The van der Waals surface area contributed by atoms with Gasteiger partial charge in [-0.2, -0.15) is 0 Å². The molecule has 0 amide bonds. The minimum absolute atomic E-state index is 0.326. The van der Waals surface area contributed by atoms with Crippen molar-refractivity contribution in [3.63, 3.8) is 0 Å². The van der Waals surface area contributed by atoms with Crippen LogP contribution in [0.4, 0.5) is 0 Å². The summed E-state index contributed by atoms with van der Waals surface area (Å²) in [4.78, 5) is 1.29. The molecule has 0 aliphatic carbocycles. The second-order valence-corrected chi connectivity index (χ2v) is 8.14. The van der Waals surface area contributed by atoms with Crippen molar-refractivity contribution in [3.8, 4) is 21.6 Å². The van der Waals surface area contributed by atoms with Gasteiger partial charge in [0.25, 0.3) is 0 Å². The smallest absolute Gasteiger partial charge is 0.172 e. The Morgan fingerprint density at radius 2 is 1.43 bits per heavy atom. The van der Waals surface area contributed by atoms with E-state index < -0.39 is 8.77 Å². The lowest BCUT2D eigenvalue weighted by molar-refractivity contribution is 0.562. The van der Waals surface area contributed by atoms with Gasteiger partial charge in [0, 0.05) is 27.0 Å². The highest BCUT2D eigenvalue weighted by atomic mass is 32.8. The second-order valence-electron chi connectivity index (χ2n) is 4.51. The van der Waals surface area contributed by atoms with Crippen molar-refractivity contribution >= 4 is 31.3 Å². The van der Waals surface area contributed by atoms with Crippen molar-refractivity contribution in [2.45, 2.75) is 4.90 Å². The highest BCUT2D eigenvalue weighted by Gasteiger charge is 2.20. The van der Waals surface area contributed by atoms with Crippen molar-refractivity contribution in [2.24, 2.45) is 0 Å². The van der Waals surface area contributed by atoms with Crippen LogP contribution in [-0.4, -0.2) is 8.76 Å². The Hall–Kier alpha value is -1.53. The molecule has 0 fully saturated rings. The maximum atomic E-state index is 12.0. The minimum atomic E-state index is -3.43. The van der Waals surface area contributed by atoms with E-state index in [9.17, 15) is 8.76 Å². The average Bonchev–Trinajstić information content (AvgIpc) is 2.94. The van der Waals surface area contributed by atoms with Crippen LogP contribution >= 0.6 is 11.3 Å². The molecule has 0 bridgehead atoms. The zero-order chi connectivity index (χ0) is 14.9. The van der Waals surface area contributed by atoms with E-state index >= 15 is 0 Å². The first-order chi connectivity index (χ1) is 10.1. The fourth-order valence-electron chi connectivity index (χ4n) is 2.21. The van der Waals surface area contributed by atoms with Crippen molar-refractivity contribution < 1.29 is 8.76 Å². The van der Waals surface area contributed by atoms with E-state index in [1.54, 1.807) is 5.38 Å². The third-order valence-corrected chi connectivity index (χ3v) is 5.73. The summed E-state index contributed by atoms with van der Waals surface area (Å²) >= 11 is 6.24. The van der Waals surface area contributed by atoms with E-state index in [0.717, 1.165) is 21.6 Å². The molecule has 0 saturated heterocycles. The molecular formula is C16H12O2S3. The van der Waals surface area contributed by atoms with E-state index in [0.29, 0.717) is 4.90 Å². The first-order valence-corrected chi connectivity index (χ1v) is 9.59. The predicted octanol–water partition coefficient (Wildman–Crippen LogP) is 4.66. The van der Waals surface area contributed by atoms with E-state index in [2.05, 4.69) is 0 Å². The average molecular weight is 332 g/mol. The molecule has 0 saturated carbocycles. The molecule has 3 rings (SSSR count). The van der Waals surface area contributed by atoms with Crippen LogP contribution in [0.1, 0.15) is 0 Å². The Bertz CT molecular complexity index is 851. The van der Waals surface area contributed by atoms with E-state index in [1.165, 1.54) is 11.3 Å². The molecule has 1 atom stereocenters. The molecular weight excluding hydrogens is 320 g/mol. The Labute approximate surface area is 132 Å². The predicted molar refractivity (Wildman–Crippen MR) is 91.6 cm³/mol. The lowest BCUT2D eigenvalue weighted by Crippen LogP contribution is -1.96. The van der Waals surface area contributed by atoms with Crippen LogP contribution in [-0.2, 0) is 20.0 Å². The lowest BCUT2D eigenvalue weighted by atomic mass is 10.0. The third-order valence-electron chi connectivity index (χ3n) is 3.13. The van der Waals surface area contributed by atoms with Crippen molar-refractivity contribution in [1.29, 1.82) is 0 Å². The summed E-state index contributed by atoms with van der Waals surface area (Å²) in [6, 6.07) is 19.4. The molecule has 2 nitrogen and oxygen atoms in total. The highest BCUT2D eigenvalue weighted by molar-refractivity contribution is 8.29. The maximum Gasteiger partial charge on any atom is 0.172 e. The van der Waals surface area contributed by atoms with Crippen molar-refractivity contribution in [1.82, 2.24) is 0 Å². The number of thiophene rings is 1. The number of hydrogen-bond donors (Lipinski definition) is 1. The van der Waals surface area contributed by atoms with Gasteiger partial charge in [-0.3, -0.25) is 0 Å². The molecule has 0 spiro atoms. The zero-order valence-electron chi connectivity index (χ0n) is 10.9. The fourth-order valence-corrected chi connectivity index (χ4v) is 4.95. The SMILES string of the molecule is O=S(O)(=S)c1csc(-c2ccccc2)c1-c1ccccc1. The Kier molecular flexibility index (Phi) is 3.91. The molecule has 106 valence electrons. The molecule has 0 aliphatic rings. The maximum absolute atomic E-state index is 12.0. The molecule has 2 aromatic carbocycles. The zero-order valence-corrected chi connectivity index (χ0v) is 13.4. The monoisotopic (exact) mass is 332 g/mol. The first kappa shape index (κ1) is 14.4. The molecule has 0 radical (unpaired) electrons. The quantitative estimate of drug-likeness (QED) is 0.758. The Morgan fingerprint density at radius 1 is 0.905 bits per heavy atom. The van der Waals surface area contributed by atoms with Gasteiger partial charge >= 0.3 is 0 Å². The van der Waals surface area contributed by atoms with Crippen LogP contribution in [0.2, 0.25) is 0 Å².